The molecule has 1 aliphatic heterocycles. The predicted molar refractivity (Wildman–Crippen MR) is 73.5 cm³/mol. The minimum absolute atomic E-state index is 0.0844. The Kier molecular flexibility index (Phi) is 4.89. The van der Waals surface area contributed by atoms with E-state index in [0.717, 1.165) is 11.0 Å². The van der Waals surface area contributed by atoms with Crippen LogP contribution in [0.15, 0.2) is 18.2 Å². The lowest BCUT2D eigenvalue weighted by Crippen LogP contribution is -2.42. The van der Waals surface area contributed by atoms with Crippen LogP contribution in [0.2, 0.25) is 0 Å². The molecule has 8 nitrogen and oxygen atoms in total. The number of benzene rings is 1. The van der Waals surface area contributed by atoms with Crippen LogP contribution in [0, 0.1) is 10.1 Å². The van der Waals surface area contributed by atoms with Crippen molar-refractivity contribution in [3.63, 3.8) is 0 Å². The summed E-state index contributed by atoms with van der Waals surface area (Å²) in [5, 5.41) is 10.2. The van der Waals surface area contributed by atoms with Crippen molar-refractivity contribution >= 4 is 27.4 Å². The lowest BCUT2D eigenvalue weighted by atomic mass is 10.0. The van der Waals surface area contributed by atoms with Gasteiger partial charge in [0.25, 0.3) is 5.69 Å². The standard InChI is InChI=1S/C12H9F3N2O6S/c13-12(14,15)8-3-7(4-9(5-8)17(19)20)10-11(24(21)22)23-2-1-16(10)6-18/h3-6,10H,1-2H2. The molecule has 130 valence electrons. The lowest BCUT2D eigenvalue weighted by Gasteiger charge is -2.32. The number of halogens is 3. The van der Waals surface area contributed by atoms with Gasteiger partial charge >= 0.3 is 6.18 Å². The lowest BCUT2D eigenvalue weighted by molar-refractivity contribution is -0.385. The van der Waals surface area contributed by atoms with Crippen LogP contribution >= 0.6 is 0 Å². The van der Waals surface area contributed by atoms with Gasteiger partial charge in [-0.05, 0) is 11.6 Å². The van der Waals surface area contributed by atoms with Gasteiger partial charge in [-0.1, -0.05) is 0 Å². The van der Waals surface area contributed by atoms with E-state index >= 15 is 0 Å². The summed E-state index contributed by atoms with van der Waals surface area (Å²) in [6, 6.07) is 0.149. The first-order valence-electron chi connectivity index (χ1n) is 6.31. The van der Waals surface area contributed by atoms with Crippen molar-refractivity contribution in [3.8, 4) is 0 Å². The number of hydrogen-bond donors (Lipinski definition) is 0. The molecule has 0 aromatic heterocycles. The highest BCUT2D eigenvalue weighted by atomic mass is 32.2. The zero-order valence-electron chi connectivity index (χ0n) is 11.7. The molecule has 1 saturated heterocycles. The Balaban J connectivity index is 2.71. The first kappa shape index (κ1) is 17.9. The van der Waals surface area contributed by atoms with Gasteiger partial charge in [0, 0.05) is 18.7 Å². The van der Waals surface area contributed by atoms with E-state index in [-0.39, 0.29) is 25.1 Å². The fraction of sp³-hybridized carbons (Fsp3) is 0.333. The topological polar surface area (TPSA) is 107 Å². The second-order valence-electron chi connectivity index (χ2n) is 4.72. The summed E-state index contributed by atoms with van der Waals surface area (Å²) in [6.07, 6.45) is -4.65. The molecule has 0 saturated carbocycles. The number of nitro groups is 1. The Morgan fingerprint density at radius 2 is 2.00 bits per heavy atom. The Labute approximate surface area is 134 Å². The van der Waals surface area contributed by atoms with Crippen molar-refractivity contribution in [2.24, 2.45) is 0 Å². The number of rotatable bonds is 3. The molecule has 0 bridgehead atoms. The monoisotopic (exact) mass is 366 g/mol. The maximum atomic E-state index is 12.9. The van der Waals surface area contributed by atoms with E-state index in [0.29, 0.717) is 12.1 Å². The fourth-order valence-electron chi connectivity index (χ4n) is 2.24. The molecule has 24 heavy (non-hydrogen) atoms. The van der Waals surface area contributed by atoms with E-state index in [4.69, 9.17) is 4.74 Å². The van der Waals surface area contributed by atoms with Crippen LogP contribution in [0.4, 0.5) is 18.9 Å². The van der Waals surface area contributed by atoms with Crippen LogP contribution in [0.1, 0.15) is 17.2 Å². The highest BCUT2D eigenvalue weighted by Gasteiger charge is 2.37. The van der Waals surface area contributed by atoms with E-state index in [1.807, 2.05) is 0 Å². The number of non-ortho nitro benzene ring substituents is 1. The highest BCUT2D eigenvalue weighted by Crippen LogP contribution is 2.36. The second kappa shape index (κ2) is 6.57. The third-order valence-electron chi connectivity index (χ3n) is 3.24. The molecule has 1 unspecified atom stereocenters. The van der Waals surface area contributed by atoms with E-state index in [1.54, 1.807) is 0 Å². The van der Waals surface area contributed by atoms with Crippen LogP contribution < -0.4 is 0 Å². The first-order valence-corrected chi connectivity index (χ1v) is 7.39. The summed E-state index contributed by atoms with van der Waals surface area (Å²) in [5.41, 5.74) is -2.60. The number of carbonyl (C=O) groups is 1. The van der Waals surface area contributed by atoms with E-state index in [1.165, 1.54) is 0 Å². The highest BCUT2D eigenvalue weighted by molar-refractivity contribution is 7.72. The Bertz CT molecular complexity index is 813. The zero-order chi connectivity index (χ0) is 18.1. The van der Waals surface area contributed by atoms with Gasteiger partial charge in [0.2, 0.25) is 16.7 Å². The van der Waals surface area contributed by atoms with Gasteiger partial charge in [0.1, 0.15) is 6.04 Å². The van der Waals surface area contributed by atoms with Gasteiger partial charge in [-0.2, -0.15) is 21.6 Å². The molecule has 0 spiro atoms. The fourth-order valence-corrected chi connectivity index (χ4v) is 2.87. The van der Waals surface area contributed by atoms with Crippen molar-refractivity contribution in [1.29, 1.82) is 0 Å². The van der Waals surface area contributed by atoms with Gasteiger partial charge < -0.3 is 9.64 Å². The minimum Gasteiger partial charge on any atom is -0.331 e. The molecular formula is C12H9F3N2O6S. The predicted octanol–water partition coefficient (Wildman–Crippen LogP) is 1.15. The number of nitro benzene ring substituents is 1. The van der Waals surface area contributed by atoms with E-state index < -0.39 is 43.7 Å². The van der Waals surface area contributed by atoms with Crippen molar-refractivity contribution < 1.29 is 36.0 Å². The number of nitrogens with zero attached hydrogens (tertiary/aromatic N) is 2. The molecule has 1 aromatic rings. The van der Waals surface area contributed by atoms with Crippen LogP contribution in [-0.4, -0.2) is 42.9 Å². The molecule has 2 rings (SSSR count). The molecule has 1 amide bonds. The van der Waals surface area contributed by atoms with Gasteiger partial charge in [-0.15, -0.1) is 0 Å². The normalized spacial score (nSPS) is 18.4. The Morgan fingerprint density at radius 3 is 2.50 bits per heavy atom. The molecule has 1 atom stereocenters. The van der Waals surface area contributed by atoms with Gasteiger partial charge in [-0.25, -0.2) is 0 Å². The maximum absolute atomic E-state index is 12.9. The smallest absolute Gasteiger partial charge is 0.331 e. The summed E-state index contributed by atoms with van der Waals surface area (Å²) in [7, 11) is -2.96. The minimum atomic E-state index is -4.89. The molecule has 0 N–H and O–H groups in total. The molecule has 1 fully saturated rings. The van der Waals surface area contributed by atoms with Gasteiger partial charge in [0.05, 0.1) is 17.1 Å². The Hall–Kier alpha value is -2.47. The van der Waals surface area contributed by atoms with E-state index in [9.17, 15) is 36.5 Å². The maximum Gasteiger partial charge on any atom is 0.416 e. The molecule has 0 aliphatic carbocycles. The number of morpholine rings is 1. The van der Waals surface area contributed by atoms with Crippen LogP contribution in [-0.2, 0) is 26.0 Å². The zero-order valence-corrected chi connectivity index (χ0v) is 12.5. The van der Waals surface area contributed by atoms with Crippen LogP contribution in [0.3, 0.4) is 0 Å². The first-order chi connectivity index (χ1) is 11.1. The number of carbonyl (C=O) groups excluding carboxylic acids is 1. The summed E-state index contributed by atoms with van der Waals surface area (Å²) >= 11 is 0. The molecule has 12 heteroatoms. The molecule has 1 heterocycles. The van der Waals surface area contributed by atoms with Gasteiger partial charge in [-0.3, -0.25) is 14.9 Å². The van der Waals surface area contributed by atoms with Crippen molar-refractivity contribution in [1.82, 2.24) is 4.90 Å². The average molecular weight is 366 g/mol. The third-order valence-corrected chi connectivity index (χ3v) is 3.91. The summed E-state index contributed by atoms with van der Waals surface area (Å²) in [6.45, 7) is -0.251. The number of alkyl halides is 3. The van der Waals surface area contributed by atoms with Crippen molar-refractivity contribution in [3.05, 3.63) is 39.4 Å². The quantitative estimate of drug-likeness (QED) is 0.344. The van der Waals surface area contributed by atoms with Crippen LogP contribution in [0.25, 0.3) is 0 Å². The third kappa shape index (κ3) is 3.54. The number of ether oxygens (including phenoxy) is 1. The largest absolute Gasteiger partial charge is 0.416 e. The van der Waals surface area contributed by atoms with Gasteiger partial charge in [0.15, 0.2) is 5.05 Å². The molecular weight excluding hydrogens is 357 g/mol. The summed E-state index contributed by atoms with van der Waals surface area (Å²) < 4.78 is 66.2. The van der Waals surface area contributed by atoms with E-state index in [2.05, 4.69) is 0 Å². The summed E-state index contributed by atoms with van der Waals surface area (Å²) in [4.78, 5) is 21.8. The van der Waals surface area contributed by atoms with Crippen molar-refractivity contribution in [2.45, 2.75) is 12.2 Å². The second-order valence-corrected chi connectivity index (χ2v) is 5.59. The SMILES string of the molecule is O=CN1CCOC(=S(=O)=O)C1c1cc([N+](=O)[O-])cc(C(F)(F)F)c1. The number of hydrogen-bond acceptors (Lipinski definition) is 6. The molecule has 0 radical (unpaired) electrons. The molecule has 1 aliphatic rings. The summed E-state index contributed by atoms with van der Waals surface area (Å²) in [5.74, 6) is 0. The Morgan fingerprint density at radius 1 is 1.33 bits per heavy atom. The average Bonchev–Trinajstić information content (AvgIpc) is 2.52. The van der Waals surface area contributed by atoms with Crippen LogP contribution in [0.5, 0.6) is 0 Å². The molecule has 1 aromatic carbocycles. The van der Waals surface area contributed by atoms with Crippen molar-refractivity contribution in [2.75, 3.05) is 13.2 Å². The number of amides is 1.